The Bertz CT molecular complexity index is 416. The third-order valence-electron chi connectivity index (χ3n) is 2.89. The van der Waals surface area contributed by atoms with Crippen LogP contribution in [-0.4, -0.2) is 31.2 Å². The van der Waals surface area contributed by atoms with Gasteiger partial charge in [0.05, 0.1) is 12.6 Å². The number of benzene rings is 1. The minimum atomic E-state index is -0.544. The molecule has 0 aliphatic heterocycles. The van der Waals surface area contributed by atoms with E-state index in [1.807, 2.05) is 36.2 Å². The summed E-state index contributed by atoms with van der Waals surface area (Å²) in [6, 6.07) is 7.59. The monoisotopic (exact) mass is 264 g/mol. The molecule has 0 aliphatic carbocycles. The molecule has 106 valence electrons. The fourth-order valence-corrected chi connectivity index (χ4v) is 1.86. The second-order valence-corrected chi connectivity index (χ2v) is 5.29. The summed E-state index contributed by atoms with van der Waals surface area (Å²) in [6.07, 6.45) is -0.544. The van der Waals surface area contributed by atoms with Gasteiger partial charge in [0.15, 0.2) is 0 Å². The number of hydrogen-bond donors (Lipinski definition) is 2. The van der Waals surface area contributed by atoms with Gasteiger partial charge in [0.2, 0.25) is 5.91 Å². The third kappa shape index (κ3) is 4.91. The zero-order chi connectivity index (χ0) is 14.4. The second kappa shape index (κ2) is 7.14. The summed E-state index contributed by atoms with van der Waals surface area (Å²) >= 11 is 0. The van der Waals surface area contributed by atoms with Crippen LogP contribution in [0.4, 0.5) is 5.69 Å². The number of aliphatic hydroxyl groups excluding tert-OH is 1. The minimum Gasteiger partial charge on any atom is -0.389 e. The minimum absolute atomic E-state index is 0.00315. The van der Waals surface area contributed by atoms with Crippen LogP contribution in [0.15, 0.2) is 24.3 Å². The van der Waals surface area contributed by atoms with Gasteiger partial charge in [-0.15, -0.1) is 0 Å². The largest absolute Gasteiger partial charge is 0.389 e. The number of amides is 1. The van der Waals surface area contributed by atoms with Gasteiger partial charge in [-0.2, -0.15) is 0 Å². The van der Waals surface area contributed by atoms with E-state index in [-0.39, 0.29) is 12.5 Å². The Labute approximate surface area is 115 Å². The zero-order valence-corrected chi connectivity index (χ0v) is 12.2. The lowest BCUT2D eigenvalue weighted by Crippen LogP contribution is -2.37. The quantitative estimate of drug-likeness (QED) is 0.825. The molecule has 1 atom stereocenters. The Morgan fingerprint density at radius 2 is 1.95 bits per heavy atom. The van der Waals surface area contributed by atoms with E-state index in [9.17, 15) is 9.90 Å². The topological polar surface area (TPSA) is 52.6 Å². The van der Waals surface area contributed by atoms with Gasteiger partial charge in [-0.3, -0.25) is 4.79 Å². The molecule has 2 N–H and O–H groups in total. The molecule has 0 aliphatic rings. The van der Waals surface area contributed by atoms with Crippen molar-refractivity contribution in [1.82, 2.24) is 5.32 Å². The van der Waals surface area contributed by atoms with Crippen LogP contribution in [0.2, 0.25) is 0 Å². The summed E-state index contributed by atoms with van der Waals surface area (Å²) in [4.78, 5) is 13.7. The van der Waals surface area contributed by atoms with Crippen LogP contribution >= 0.6 is 0 Å². The lowest BCUT2D eigenvalue weighted by Gasteiger charge is -2.23. The molecular weight excluding hydrogens is 240 g/mol. The van der Waals surface area contributed by atoms with Gasteiger partial charge in [0.25, 0.3) is 0 Å². The first kappa shape index (κ1) is 15.5. The number of aliphatic hydroxyl groups is 1. The van der Waals surface area contributed by atoms with E-state index in [4.69, 9.17) is 0 Å². The van der Waals surface area contributed by atoms with Crippen LogP contribution in [0.1, 0.15) is 32.4 Å². The summed E-state index contributed by atoms with van der Waals surface area (Å²) in [7, 11) is 1.86. The molecule has 0 radical (unpaired) electrons. The SMILES string of the molecule is CC(C)CNC(=O)CN(C)c1ccccc1[C@@H](C)O. The summed E-state index contributed by atoms with van der Waals surface area (Å²) in [5, 5.41) is 12.6. The Hall–Kier alpha value is -1.55. The van der Waals surface area contributed by atoms with E-state index >= 15 is 0 Å². The number of carbonyl (C=O) groups excluding carboxylic acids is 1. The average Bonchev–Trinajstić information content (AvgIpc) is 2.36. The highest BCUT2D eigenvalue weighted by Crippen LogP contribution is 2.24. The van der Waals surface area contributed by atoms with Crippen molar-refractivity contribution >= 4 is 11.6 Å². The van der Waals surface area contributed by atoms with Crippen LogP contribution in [0.25, 0.3) is 0 Å². The van der Waals surface area contributed by atoms with E-state index < -0.39 is 6.10 Å². The van der Waals surface area contributed by atoms with Crippen molar-refractivity contribution in [1.29, 1.82) is 0 Å². The maximum Gasteiger partial charge on any atom is 0.239 e. The summed E-state index contributed by atoms with van der Waals surface area (Å²) < 4.78 is 0. The van der Waals surface area contributed by atoms with Crippen molar-refractivity contribution in [3.05, 3.63) is 29.8 Å². The smallest absolute Gasteiger partial charge is 0.239 e. The average molecular weight is 264 g/mol. The van der Waals surface area contributed by atoms with E-state index in [0.717, 1.165) is 11.3 Å². The highest BCUT2D eigenvalue weighted by atomic mass is 16.3. The van der Waals surface area contributed by atoms with E-state index in [0.29, 0.717) is 12.5 Å². The molecule has 1 amide bonds. The van der Waals surface area contributed by atoms with Gasteiger partial charge < -0.3 is 15.3 Å². The molecular formula is C15H24N2O2. The normalized spacial score (nSPS) is 12.3. The molecule has 4 heteroatoms. The Kier molecular flexibility index (Phi) is 5.83. The predicted molar refractivity (Wildman–Crippen MR) is 78.2 cm³/mol. The molecule has 1 aromatic carbocycles. The first-order chi connectivity index (χ1) is 8.91. The summed E-state index contributed by atoms with van der Waals surface area (Å²) in [6.45, 7) is 6.83. The van der Waals surface area contributed by atoms with Gasteiger partial charge in [-0.1, -0.05) is 32.0 Å². The number of hydrogen-bond acceptors (Lipinski definition) is 3. The molecule has 0 aromatic heterocycles. The number of para-hydroxylation sites is 1. The Balaban J connectivity index is 2.68. The van der Waals surface area contributed by atoms with E-state index in [1.54, 1.807) is 6.92 Å². The molecule has 0 fully saturated rings. The molecule has 0 heterocycles. The molecule has 0 bridgehead atoms. The number of nitrogens with zero attached hydrogens (tertiary/aromatic N) is 1. The highest BCUT2D eigenvalue weighted by molar-refractivity contribution is 5.81. The number of rotatable bonds is 6. The number of carbonyl (C=O) groups is 1. The van der Waals surface area contributed by atoms with Gasteiger partial charge in [-0.05, 0) is 18.9 Å². The number of anilines is 1. The highest BCUT2D eigenvalue weighted by Gasteiger charge is 2.13. The van der Waals surface area contributed by atoms with Crippen LogP contribution in [0.5, 0.6) is 0 Å². The fraction of sp³-hybridized carbons (Fsp3) is 0.533. The maximum absolute atomic E-state index is 11.8. The maximum atomic E-state index is 11.8. The van der Waals surface area contributed by atoms with Crippen LogP contribution in [-0.2, 0) is 4.79 Å². The molecule has 0 spiro atoms. The van der Waals surface area contributed by atoms with Gasteiger partial charge in [-0.25, -0.2) is 0 Å². The zero-order valence-electron chi connectivity index (χ0n) is 12.2. The molecule has 0 saturated heterocycles. The lowest BCUT2D eigenvalue weighted by atomic mass is 10.1. The third-order valence-corrected chi connectivity index (χ3v) is 2.89. The summed E-state index contributed by atoms with van der Waals surface area (Å²) in [5.41, 5.74) is 1.72. The molecule has 19 heavy (non-hydrogen) atoms. The van der Waals surface area contributed by atoms with Crippen molar-refractivity contribution in [2.24, 2.45) is 5.92 Å². The molecule has 1 rings (SSSR count). The molecule has 4 nitrogen and oxygen atoms in total. The molecule has 1 aromatic rings. The first-order valence-electron chi connectivity index (χ1n) is 6.66. The van der Waals surface area contributed by atoms with Crippen LogP contribution < -0.4 is 10.2 Å². The van der Waals surface area contributed by atoms with Crippen molar-refractivity contribution < 1.29 is 9.90 Å². The van der Waals surface area contributed by atoms with Crippen molar-refractivity contribution in [2.75, 3.05) is 25.0 Å². The standard InChI is InChI=1S/C15H24N2O2/c1-11(2)9-16-15(19)10-17(4)14-8-6-5-7-13(14)12(3)18/h5-8,11-12,18H,9-10H2,1-4H3,(H,16,19)/t12-/m1/s1. The van der Waals surface area contributed by atoms with Gasteiger partial charge >= 0.3 is 0 Å². The molecule has 0 saturated carbocycles. The lowest BCUT2D eigenvalue weighted by molar-refractivity contribution is -0.119. The van der Waals surface area contributed by atoms with E-state index in [2.05, 4.69) is 19.2 Å². The van der Waals surface area contributed by atoms with Crippen molar-refractivity contribution in [3.8, 4) is 0 Å². The van der Waals surface area contributed by atoms with Crippen molar-refractivity contribution in [3.63, 3.8) is 0 Å². The van der Waals surface area contributed by atoms with Crippen LogP contribution in [0, 0.1) is 5.92 Å². The van der Waals surface area contributed by atoms with Gasteiger partial charge in [0.1, 0.15) is 0 Å². The fourth-order valence-electron chi connectivity index (χ4n) is 1.86. The first-order valence-corrected chi connectivity index (χ1v) is 6.66. The number of likely N-dealkylation sites (N-methyl/N-ethyl adjacent to an activating group) is 1. The second-order valence-electron chi connectivity index (χ2n) is 5.29. The Morgan fingerprint density at radius 3 is 2.53 bits per heavy atom. The van der Waals surface area contributed by atoms with E-state index in [1.165, 1.54) is 0 Å². The van der Waals surface area contributed by atoms with Crippen molar-refractivity contribution in [2.45, 2.75) is 26.9 Å². The predicted octanol–water partition coefficient (Wildman–Crippen LogP) is 1.95. The summed E-state index contributed by atoms with van der Waals surface area (Å²) in [5.74, 6) is 0.440. The van der Waals surface area contributed by atoms with Gasteiger partial charge in [0, 0.05) is 24.8 Å². The molecule has 0 unspecified atom stereocenters. The Morgan fingerprint density at radius 1 is 1.32 bits per heavy atom. The number of nitrogens with one attached hydrogen (secondary N) is 1. The van der Waals surface area contributed by atoms with Crippen LogP contribution in [0.3, 0.4) is 0 Å².